The van der Waals surface area contributed by atoms with Crippen molar-refractivity contribution in [3.8, 4) is 0 Å². The molecule has 3 aliphatic rings. The lowest BCUT2D eigenvalue weighted by Gasteiger charge is -2.35. The second-order valence-corrected chi connectivity index (χ2v) is 12.7. The van der Waals surface area contributed by atoms with E-state index in [9.17, 15) is 17.8 Å². The Morgan fingerprint density at radius 1 is 1.00 bits per heavy atom. The number of halogens is 2. The summed E-state index contributed by atoms with van der Waals surface area (Å²) in [7, 11) is -2.95. The SMILES string of the molecule is Cc1cc(NC(=O)c2ccc(S(C)(=N)=O)cc2N2CCC3(CC2)CC3)nc(N2CCC(F)(F)CC2)n1. The predicted octanol–water partition coefficient (Wildman–Crippen LogP) is 4.69. The fourth-order valence-corrected chi connectivity index (χ4v) is 5.75. The molecule has 1 amide bonds. The van der Waals surface area contributed by atoms with Gasteiger partial charge in [-0.1, -0.05) is 0 Å². The third-order valence-electron chi connectivity index (χ3n) is 7.65. The van der Waals surface area contributed by atoms with E-state index in [1.54, 1.807) is 36.1 Å². The number of carbonyl (C=O) groups is 1. The second kappa shape index (κ2) is 8.93. The highest BCUT2D eigenvalue weighted by molar-refractivity contribution is 7.91. The van der Waals surface area contributed by atoms with Gasteiger partial charge in [0.1, 0.15) is 5.82 Å². The highest BCUT2D eigenvalue weighted by Crippen LogP contribution is 2.54. The highest BCUT2D eigenvalue weighted by atomic mass is 32.2. The number of aromatic nitrogens is 2. The first-order valence-electron chi connectivity index (χ1n) is 12.4. The summed E-state index contributed by atoms with van der Waals surface area (Å²) in [6.07, 6.45) is 5.50. The molecular weight excluding hydrogens is 486 g/mol. The molecule has 3 fully saturated rings. The Hall–Kier alpha value is -2.82. The van der Waals surface area contributed by atoms with Crippen LogP contribution in [0.3, 0.4) is 0 Å². The third kappa shape index (κ3) is 5.30. The number of anilines is 3. The number of alkyl halides is 2. The van der Waals surface area contributed by atoms with Crippen LogP contribution < -0.4 is 15.1 Å². The average molecular weight is 519 g/mol. The van der Waals surface area contributed by atoms with E-state index < -0.39 is 15.7 Å². The predicted molar refractivity (Wildman–Crippen MR) is 136 cm³/mol. The zero-order valence-corrected chi connectivity index (χ0v) is 21.5. The van der Waals surface area contributed by atoms with Crippen LogP contribution in [0.1, 0.15) is 54.6 Å². The van der Waals surface area contributed by atoms with Gasteiger partial charge in [0.05, 0.1) is 21.0 Å². The molecule has 1 aromatic heterocycles. The summed E-state index contributed by atoms with van der Waals surface area (Å²) in [5.41, 5.74) is 2.17. The monoisotopic (exact) mass is 518 g/mol. The van der Waals surface area contributed by atoms with Crippen molar-refractivity contribution in [1.82, 2.24) is 9.97 Å². The number of nitrogens with zero attached hydrogens (tertiary/aromatic N) is 4. The molecule has 1 aliphatic carbocycles. The van der Waals surface area contributed by atoms with Gasteiger partial charge >= 0.3 is 0 Å². The van der Waals surface area contributed by atoms with E-state index >= 15 is 0 Å². The van der Waals surface area contributed by atoms with Crippen LogP contribution in [0.2, 0.25) is 0 Å². The molecule has 8 nitrogen and oxygen atoms in total. The number of rotatable bonds is 5. The number of amides is 1. The smallest absolute Gasteiger partial charge is 0.258 e. The first-order chi connectivity index (χ1) is 16.9. The molecule has 1 atom stereocenters. The van der Waals surface area contributed by atoms with Crippen molar-refractivity contribution < 1.29 is 17.8 Å². The molecule has 1 spiro atoms. The van der Waals surface area contributed by atoms with E-state index in [1.807, 2.05) is 0 Å². The Bertz CT molecular complexity index is 1280. The number of nitrogens with one attached hydrogen (secondary N) is 2. The minimum Gasteiger partial charge on any atom is -0.371 e. The summed E-state index contributed by atoms with van der Waals surface area (Å²) in [5.74, 6) is -2.42. The summed E-state index contributed by atoms with van der Waals surface area (Å²) < 4.78 is 47.7. The van der Waals surface area contributed by atoms with Crippen molar-refractivity contribution in [1.29, 1.82) is 4.78 Å². The number of hydrogen-bond acceptors (Lipinski definition) is 7. The maximum Gasteiger partial charge on any atom is 0.258 e. The molecule has 11 heteroatoms. The van der Waals surface area contributed by atoms with Crippen molar-refractivity contribution >= 4 is 33.1 Å². The fourth-order valence-electron chi connectivity index (χ4n) is 5.08. The van der Waals surface area contributed by atoms with Gasteiger partial charge < -0.3 is 15.1 Å². The Kier molecular flexibility index (Phi) is 6.17. The van der Waals surface area contributed by atoms with Gasteiger partial charge in [-0.05, 0) is 56.2 Å². The largest absolute Gasteiger partial charge is 0.371 e. The van der Waals surface area contributed by atoms with E-state index in [4.69, 9.17) is 4.78 Å². The van der Waals surface area contributed by atoms with E-state index in [2.05, 4.69) is 20.2 Å². The van der Waals surface area contributed by atoms with Crippen LogP contribution in [-0.4, -0.2) is 58.4 Å². The van der Waals surface area contributed by atoms with E-state index in [1.165, 1.54) is 19.1 Å². The number of benzene rings is 1. The molecule has 2 aromatic rings. The summed E-state index contributed by atoms with van der Waals surface area (Å²) in [6.45, 7) is 3.68. The van der Waals surface area contributed by atoms with Crippen molar-refractivity contribution in [2.75, 3.05) is 47.6 Å². The molecule has 5 rings (SSSR count). The molecule has 2 aliphatic heterocycles. The molecule has 1 saturated carbocycles. The molecule has 194 valence electrons. The van der Waals surface area contributed by atoms with Gasteiger partial charge in [0.2, 0.25) is 5.95 Å². The van der Waals surface area contributed by atoms with E-state index in [0.29, 0.717) is 39.0 Å². The second-order valence-electron chi connectivity index (χ2n) is 10.5. The summed E-state index contributed by atoms with van der Waals surface area (Å²) in [5, 5.41) is 2.85. The van der Waals surface area contributed by atoms with Gasteiger partial charge in [0.15, 0.2) is 0 Å². The topological polar surface area (TPSA) is 102 Å². The summed E-state index contributed by atoms with van der Waals surface area (Å²) >= 11 is 0. The van der Waals surface area contributed by atoms with Crippen LogP contribution in [0.15, 0.2) is 29.2 Å². The van der Waals surface area contributed by atoms with Crippen LogP contribution in [0.5, 0.6) is 0 Å². The lowest BCUT2D eigenvalue weighted by molar-refractivity contribution is -0.0222. The zero-order chi connectivity index (χ0) is 25.7. The molecule has 0 radical (unpaired) electrons. The van der Waals surface area contributed by atoms with Crippen LogP contribution in [-0.2, 0) is 9.73 Å². The lowest BCUT2D eigenvalue weighted by atomic mass is 9.93. The number of piperidine rings is 2. The lowest BCUT2D eigenvalue weighted by Crippen LogP contribution is -2.40. The molecular formula is C25H32F2N6O2S. The Morgan fingerprint density at radius 2 is 1.64 bits per heavy atom. The fraction of sp³-hybridized carbons (Fsp3) is 0.560. The Labute approximate surface area is 210 Å². The third-order valence-corrected chi connectivity index (χ3v) is 8.80. The molecule has 2 N–H and O–H groups in total. The molecule has 1 aromatic carbocycles. The number of aryl methyl sites for hydroxylation is 1. The van der Waals surface area contributed by atoms with Crippen molar-refractivity contribution in [3.63, 3.8) is 0 Å². The van der Waals surface area contributed by atoms with Crippen LogP contribution in [0.25, 0.3) is 0 Å². The van der Waals surface area contributed by atoms with Crippen LogP contribution in [0.4, 0.5) is 26.2 Å². The van der Waals surface area contributed by atoms with Gasteiger partial charge in [0, 0.05) is 61.9 Å². The standard InChI is InChI=1S/C25H32F2N6O2S/c1-17-15-21(31-23(29-17)33-13-9-25(26,27)10-14-33)30-22(34)19-4-3-18(36(2,28)35)16-20(19)32-11-7-24(5-6-24)8-12-32/h3-4,15-16,28H,5-14H2,1-2H3,(H,29,30,31,34). The zero-order valence-electron chi connectivity index (χ0n) is 20.6. The molecule has 1 unspecified atom stereocenters. The number of hydrogen-bond donors (Lipinski definition) is 2. The molecule has 36 heavy (non-hydrogen) atoms. The first kappa shape index (κ1) is 24.9. The van der Waals surface area contributed by atoms with E-state index in [0.717, 1.165) is 25.9 Å². The van der Waals surface area contributed by atoms with Gasteiger partial charge in [-0.3, -0.25) is 4.79 Å². The minimum absolute atomic E-state index is 0.148. The van der Waals surface area contributed by atoms with Crippen molar-refractivity contribution in [2.24, 2.45) is 5.41 Å². The van der Waals surface area contributed by atoms with Gasteiger partial charge in [-0.15, -0.1) is 0 Å². The Balaban J connectivity index is 1.40. The van der Waals surface area contributed by atoms with E-state index in [-0.39, 0.29) is 31.8 Å². The quantitative estimate of drug-likeness (QED) is 0.596. The average Bonchev–Trinajstić information content (AvgIpc) is 3.57. The normalized spacial score (nSPS) is 22.2. The van der Waals surface area contributed by atoms with Gasteiger partial charge in [-0.2, -0.15) is 4.98 Å². The maximum absolute atomic E-state index is 13.6. The molecule has 0 bridgehead atoms. The molecule has 3 heterocycles. The summed E-state index contributed by atoms with van der Waals surface area (Å²) in [6, 6.07) is 6.56. The Morgan fingerprint density at radius 3 is 2.25 bits per heavy atom. The first-order valence-corrected chi connectivity index (χ1v) is 14.3. The van der Waals surface area contributed by atoms with Gasteiger partial charge in [0.25, 0.3) is 11.8 Å². The van der Waals surface area contributed by atoms with Crippen molar-refractivity contribution in [2.45, 2.75) is 56.3 Å². The van der Waals surface area contributed by atoms with Crippen LogP contribution >= 0.6 is 0 Å². The van der Waals surface area contributed by atoms with Crippen molar-refractivity contribution in [3.05, 3.63) is 35.5 Å². The maximum atomic E-state index is 13.6. The summed E-state index contributed by atoms with van der Waals surface area (Å²) in [4.78, 5) is 26.5. The van der Waals surface area contributed by atoms with Crippen LogP contribution in [0, 0.1) is 17.1 Å². The highest BCUT2D eigenvalue weighted by Gasteiger charge is 2.44. The van der Waals surface area contributed by atoms with Gasteiger partial charge in [-0.25, -0.2) is 22.8 Å². The molecule has 2 saturated heterocycles. The number of carbonyl (C=O) groups excluding carboxylic acids is 1. The minimum atomic E-state index is -2.95.